The molecule has 0 aliphatic carbocycles. The second-order valence-corrected chi connectivity index (χ2v) is 7.92. The number of carbonyl (C=O) groups is 1. The van der Waals surface area contributed by atoms with Gasteiger partial charge in [-0.3, -0.25) is 19.5 Å². The fourth-order valence-electron chi connectivity index (χ4n) is 4.49. The first kappa shape index (κ1) is 18.6. The number of nitrogens with zero attached hydrogens (tertiary/aromatic N) is 2. The summed E-state index contributed by atoms with van der Waals surface area (Å²) in [5, 5.41) is 0. The highest BCUT2D eigenvalue weighted by atomic mass is 19.1. The van der Waals surface area contributed by atoms with Gasteiger partial charge in [-0.25, -0.2) is 9.18 Å². The monoisotopic (exact) mass is 386 g/mol. The molecule has 28 heavy (non-hydrogen) atoms. The Hall–Kier alpha value is -2.74. The summed E-state index contributed by atoms with van der Waals surface area (Å²) in [5.41, 5.74) is -0.123. The van der Waals surface area contributed by atoms with Crippen molar-refractivity contribution in [1.82, 2.24) is 19.8 Å². The van der Waals surface area contributed by atoms with E-state index in [9.17, 15) is 18.8 Å². The van der Waals surface area contributed by atoms with Crippen LogP contribution >= 0.6 is 0 Å². The second kappa shape index (κ2) is 7.35. The molecule has 1 spiro atoms. The number of halogens is 1. The van der Waals surface area contributed by atoms with Crippen LogP contribution in [0.5, 0.6) is 0 Å². The summed E-state index contributed by atoms with van der Waals surface area (Å²) in [4.78, 5) is 44.3. The van der Waals surface area contributed by atoms with Gasteiger partial charge in [-0.05, 0) is 43.5 Å². The van der Waals surface area contributed by atoms with Gasteiger partial charge in [0.2, 0.25) is 0 Å². The molecule has 3 heterocycles. The summed E-state index contributed by atoms with van der Waals surface area (Å²) in [6, 6.07) is 7.71. The number of rotatable bonds is 3. The lowest BCUT2D eigenvalue weighted by molar-refractivity contribution is 0.0670. The topological polar surface area (TPSA) is 89.3 Å². The molecule has 0 radical (unpaired) electrons. The maximum absolute atomic E-state index is 13.1. The molecular weight excluding hydrogens is 363 g/mol. The van der Waals surface area contributed by atoms with E-state index in [2.05, 4.69) is 14.9 Å². The van der Waals surface area contributed by atoms with Gasteiger partial charge in [-0.1, -0.05) is 12.1 Å². The van der Waals surface area contributed by atoms with E-state index in [1.807, 2.05) is 12.1 Å². The fourth-order valence-corrected chi connectivity index (χ4v) is 4.49. The zero-order valence-electron chi connectivity index (χ0n) is 15.5. The van der Waals surface area contributed by atoms with Crippen molar-refractivity contribution in [2.24, 2.45) is 5.41 Å². The molecule has 1 aromatic heterocycles. The number of piperidine rings is 1. The van der Waals surface area contributed by atoms with Gasteiger partial charge in [0.1, 0.15) is 11.5 Å². The fraction of sp³-hybridized carbons (Fsp3) is 0.450. The minimum absolute atomic E-state index is 0.0232. The van der Waals surface area contributed by atoms with E-state index in [0.29, 0.717) is 13.1 Å². The molecule has 8 heteroatoms. The standard InChI is InChI=1S/C20H23FN4O3/c21-15-4-2-14(3-5-15)11-24-8-1-6-20(12-24)7-9-25(13-20)18(27)16-10-17(26)23-19(28)22-16/h2-5,10H,1,6-9,11-13H2,(H2,22,23,26,28)/t20-/m0/s1. The number of aromatic amines is 2. The molecule has 1 atom stereocenters. The first-order valence-electron chi connectivity index (χ1n) is 9.52. The normalized spacial score (nSPS) is 22.7. The first-order valence-corrected chi connectivity index (χ1v) is 9.52. The Labute approximate surface area is 161 Å². The molecule has 2 fully saturated rings. The van der Waals surface area contributed by atoms with Gasteiger partial charge in [0.05, 0.1) is 0 Å². The maximum atomic E-state index is 13.1. The predicted octanol–water partition coefficient (Wildman–Crippen LogP) is 1.33. The summed E-state index contributed by atoms with van der Waals surface area (Å²) in [6.07, 6.45) is 2.99. The molecule has 7 nitrogen and oxygen atoms in total. The molecule has 2 saturated heterocycles. The van der Waals surface area contributed by atoms with Crippen molar-refractivity contribution in [2.45, 2.75) is 25.8 Å². The van der Waals surface area contributed by atoms with Gasteiger partial charge >= 0.3 is 5.69 Å². The summed E-state index contributed by atoms with van der Waals surface area (Å²) < 4.78 is 13.1. The predicted molar refractivity (Wildman–Crippen MR) is 102 cm³/mol. The van der Waals surface area contributed by atoms with Crippen LogP contribution in [0, 0.1) is 11.2 Å². The minimum Gasteiger partial charge on any atom is -0.337 e. The van der Waals surface area contributed by atoms with Crippen LogP contribution in [0.4, 0.5) is 4.39 Å². The SMILES string of the molecule is O=C(c1cc(=O)[nH]c(=O)[nH]1)N1CC[C@]2(CCCN(Cc3ccc(F)cc3)C2)C1. The van der Waals surface area contributed by atoms with Gasteiger partial charge in [-0.2, -0.15) is 0 Å². The van der Waals surface area contributed by atoms with Crippen molar-refractivity contribution in [3.63, 3.8) is 0 Å². The van der Waals surface area contributed by atoms with E-state index >= 15 is 0 Å². The Balaban J connectivity index is 1.44. The summed E-state index contributed by atoms with van der Waals surface area (Å²) in [6.45, 7) is 3.84. The molecule has 148 valence electrons. The van der Waals surface area contributed by atoms with Crippen LogP contribution in [-0.2, 0) is 6.54 Å². The average Bonchev–Trinajstić information content (AvgIpc) is 3.05. The highest BCUT2D eigenvalue weighted by Crippen LogP contribution is 2.39. The molecule has 2 N–H and O–H groups in total. The maximum Gasteiger partial charge on any atom is 0.326 e. The Kier molecular flexibility index (Phi) is 4.89. The van der Waals surface area contributed by atoms with Crippen molar-refractivity contribution in [2.75, 3.05) is 26.2 Å². The zero-order valence-corrected chi connectivity index (χ0v) is 15.5. The Morgan fingerprint density at radius 2 is 1.86 bits per heavy atom. The highest BCUT2D eigenvalue weighted by Gasteiger charge is 2.43. The Bertz CT molecular complexity index is 956. The van der Waals surface area contributed by atoms with Crippen LogP contribution in [0.25, 0.3) is 0 Å². The van der Waals surface area contributed by atoms with E-state index < -0.39 is 11.2 Å². The minimum atomic E-state index is -0.673. The highest BCUT2D eigenvalue weighted by molar-refractivity contribution is 5.92. The molecule has 1 amide bonds. The van der Waals surface area contributed by atoms with Crippen molar-refractivity contribution < 1.29 is 9.18 Å². The number of hydrogen-bond donors (Lipinski definition) is 2. The van der Waals surface area contributed by atoms with Crippen LogP contribution in [0.1, 0.15) is 35.3 Å². The van der Waals surface area contributed by atoms with Crippen molar-refractivity contribution in [3.05, 3.63) is 68.2 Å². The van der Waals surface area contributed by atoms with Crippen LogP contribution < -0.4 is 11.2 Å². The van der Waals surface area contributed by atoms with E-state index in [1.54, 1.807) is 4.90 Å². The lowest BCUT2D eigenvalue weighted by atomic mass is 9.79. The Morgan fingerprint density at radius 1 is 1.07 bits per heavy atom. The van der Waals surface area contributed by atoms with Crippen LogP contribution in [-0.4, -0.2) is 51.9 Å². The van der Waals surface area contributed by atoms with E-state index in [4.69, 9.17) is 0 Å². The molecule has 0 saturated carbocycles. The number of amides is 1. The smallest absolute Gasteiger partial charge is 0.326 e. The largest absolute Gasteiger partial charge is 0.337 e. The summed E-state index contributed by atoms with van der Waals surface area (Å²) in [7, 11) is 0. The van der Waals surface area contributed by atoms with Gasteiger partial charge in [0.15, 0.2) is 0 Å². The summed E-state index contributed by atoms with van der Waals surface area (Å²) in [5.74, 6) is -0.544. The van der Waals surface area contributed by atoms with Crippen molar-refractivity contribution in [3.8, 4) is 0 Å². The number of aromatic nitrogens is 2. The number of benzene rings is 1. The van der Waals surface area contributed by atoms with Crippen molar-refractivity contribution >= 4 is 5.91 Å². The van der Waals surface area contributed by atoms with E-state index in [0.717, 1.165) is 50.5 Å². The second-order valence-electron chi connectivity index (χ2n) is 7.92. The lowest BCUT2D eigenvalue weighted by Gasteiger charge is -2.40. The third-order valence-electron chi connectivity index (χ3n) is 5.78. The lowest BCUT2D eigenvalue weighted by Crippen LogP contribution is -2.45. The number of carbonyl (C=O) groups excluding carboxylic acids is 1. The molecule has 0 unspecified atom stereocenters. The number of nitrogens with one attached hydrogen (secondary N) is 2. The Morgan fingerprint density at radius 3 is 2.61 bits per heavy atom. The molecule has 2 aromatic rings. The van der Waals surface area contributed by atoms with E-state index in [-0.39, 0.29) is 22.8 Å². The number of likely N-dealkylation sites (tertiary alicyclic amines) is 2. The quantitative estimate of drug-likeness (QED) is 0.833. The van der Waals surface area contributed by atoms with Gasteiger partial charge in [0.25, 0.3) is 11.5 Å². The van der Waals surface area contributed by atoms with Crippen LogP contribution in [0.15, 0.2) is 39.9 Å². The zero-order chi connectivity index (χ0) is 19.7. The first-order chi connectivity index (χ1) is 13.4. The number of H-pyrrole nitrogens is 2. The van der Waals surface area contributed by atoms with E-state index in [1.165, 1.54) is 12.1 Å². The number of hydrogen-bond acceptors (Lipinski definition) is 4. The molecule has 1 aromatic carbocycles. The molecule has 0 bridgehead atoms. The summed E-state index contributed by atoms with van der Waals surface area (Å²) >= 11 is 0. The third kappa shape index (κ3) is 3.91. The molecule has 4 rings (SSSR count). The van der Waals surface area contributed by atoms with Gasteiger partial charge < -0.3 is 9.88 Å². The van der Waals surface area contributed by atoms with Gasteiger partial charge in [-0.15, -0.1) is 0 Å². The molecule has 2 aliphatic heterocycles. The van der Waals surface area contributed by atoms with Crippen molar-refractivity contribution in [1.29, 1.82) is 0 Å². The average molecular weight is 386 g/mol. The molecule has 2 aliphatic rings. The van der Waals surface area contributed by atoms with Crippen LogP contribution in [0.2, 0.25) is 0 Å². The van der Waals surface area contributed by atoms with Gasteiger partial charge in [0, 0.05) is 37.7 Å². The van der Waals surface area contributed by atoms with Crippen LogP contribution in [0.3, 0.4) is 0 Å². The molecular formula is C20H23FN4O3. The third-order valence-corrected chi connectivity index (χ3v) is 5.78.